The van der Waals surface area contributed by atoms with Crippen molar-refractivity contribution >= 4 is 18.2 Å². The average molecular weight is 469 g/mol. The van der Waals surface area contributed by atoms with Gasteiger partial charge in [0.15, 0.2) is 0 Å². The molecule has 3 N–H and O–H groups in total. The van der Waals surface area contributed by atoms with Gasteiger partial charge in [0.25, 0.3) is 0 Å². The zero-order valence-electron chi connectivity index (χ0n) is 20.5. The van der Waals surface area contributed by atoms with E-state index in [9.17, 15) is 19.1 Å². The van der Waals surface area contributed by atoms with Crippen LogP contribution in [0.2, 0.25) is 0 Å². The number of ether oxygens (including phenoxy) is 1. The van der Waals surface area contributed by atoms with E-state index in [-0.39, 0.29) is 19.6 Å². The van der Waals surface area contributed by atoms with Crippen LogP contribution in [0.25, 0.3) is 0 Å². The summed E-state index contributed by atoms with van der Waals surface area (Å²) in [5, 5.41) is 14.9. The summed E-state index contributed by atoms with van der Waals surface area (Å²) in [6, 6.07) is 3.23. The lowest BCUT2D eigenvalue weighted by atomic mass is 10.1. The zero-order valence-corrected chi connectivity index (χ0v) is 20.5. The van der Waals surface area contributed by atoms with E-state index in [0.717, 1.165) is 50.2 Å². The van der Waals surface area contributed by atoms with Crippen LogP contribution < -0.4 is 10.6 Å². The fraction of sp³-hybridized carbons (Fsp3) is 0.708. The second-order valence-electron chi connectivity index (χ2n) is 8.38. The first-order valence-corrected chi connectivity index (χ1v) is 11.9. The van der Waals surface area contributed by atoms with Crippen LogP contribution in [0.3, 0.4) is 0 Å². The van der Waals surface area contributed by atoms with Crippen LogP contribution in [-0.4, -0.2) is 79.0 Å². The molecule has 2 rings (SSSR count). The molecule has 1 unspecified atom stereocenters. The van der Waals surface area contributed by atoms with E-state index in [4.69, 9.17) is 9.72 Å². The maximum absolute atomic E-state index is 14.7. The van der Waals surface area contributed by atoms with E-state index in [1.807, 2.05) is 18.7 Å². The van der Waals surface area contributed by atoms with Crippen molar-refractivity contribution < 1.29 is 23.8 Å². The maximum atomic E-state index is 14.7. The monoisotopic (exact) mass is 468 g/mol. The highest BCUT2D eigenvalue weighted by Crippen LogP contribution is 2.20. The van der Waals surface area contributed by atoms with Crippen LogP contribution in [-0.2, 0) is 27.2 Å². The quantitative estimate of drug-likeness (QED) is 0.268. The minimum atomic E-state index is -1.54. The summed E-state index contributed by atoms with van der Waals surface area (Å²) in [6.45, 7) is 7.52. The number of hydrogen-bond acceptors (Lipinski definition) is 6. The summed E-state index contributed by atoms with van der Waals surface area (Å²) in [5.74, 6) is -0.112. The Kier molecular flexibility index (Phi) is 13.6. The van der Waals surface area contributed by atoms with Crippen molar-refractivity contribution in [2.75, 3.05) is 45.2 Å². The Balaban J connectivity index is 0.00000265. The number of carboxylic acid groups (broad SMARTS) is 1. The number of nitrogens with zero attached hydrogens (tertiary/aromatic N) is 2. The van der Waals surface area contributed by atoms with Crippen molar-refractivity contribution in [3.63, 3.8) is 0 Å². The predicted molar refractivity (Wildman–Crippen MR) is 128 cm³/mol. The number of aryl methyl sites for hydroxylation is 2. The van der Waals surface area contributed by atoms with Gasteiger partial charge in [-0.05, 0) is 63.6 Å². The van der Waals surface area contributed by atoms with E-state index >= 15 is 0 Å². The van der Waals surface area contributed by atoms with Gasteiger partial charge < -0.3 is 20.5 Å². The minimum absolute atomic E-state index is 0.0372. The number of carboxylic acids is 1. The lowest BCUT2D eigenvalue weighted by Crippen LogP contribution is -2.44. The number of hydrogen-bond donors (Lipinski definition) is 3. The molecular weight excluding hydrogens is 427 g/mol. The third-order valence-electron chi connectivity index (χ3n) is 5.41. The van der Waals surface area contributed by atoms with E-state index in [1.165, 1.54) is 19.6 Å². The van der Waals surface area contributed by atoms with Crippen molar-refractivity contribution in [3.05, 3.63) is 23.4 Å². The fourth-order valence-corrected chi connectivity index (χ4v) is 3.90. The molecular formula is C24H41FN4O4. The number of carbonyl (C=O) groups excluding carboxylic acids is 1. The Labute approximate surface area is 197 Å². The standard InChI is InChI=1S/C22H35FN4O4.C2H6/c1-22(23,15-31-2)14-27(13-10-19(21(29)30)25-16-28)12-4-3-7-18-9-8-17-6-5-11-24-20(17)26-18;1-2/h8-9,16,19H,3-7,10-15H2,1-2H3,(H,24,26)(H,25,28)(H,29,30);1-2H3/t19?,22-;/m0./s1. The summed E-state index contributed by atoms with van der Waals surface area (Å²) in [6.07, 6.45) is 5.33. The highest BCUT2D eigenvalue weighted by atomic mass is 19.1. The molecule has 0 aliphatic carbocycles. The average Bonchev–Trinajstić information content (AvgIpc) is 2.80. The molecule has 0 saturated carbocycles. The summed E-state index contributed by atoms with van der Waals surface area (Å²) in [5.41, 5.74) is 0.756. The first-order chi connectivity index (χ1) is 15.8. The Morgan fingerprint density at radius 1 is 1.39 bits per heavy atom. The second-order valence-corrected chi connectivity index (χ2v) is 8.38. The van der Waals surface area contributed by atoms with Crippen molar-refractivity contribution in [1.82, 2.24) is 15.2 Å². The summed E-state index contributed by atoms with van der Waals surface area (Å²) in [4.78, 5) is 28.5. The molecule has 1 aliphatic rings. The van der Waals surface area contributed by atoms with Crippen molar-refractivity contribution in [2.24, 2.45) is 0 Å². The van der Waals surface area contributed by atoms with Gasteiger partial charge in [-0.3, -0.25) is 9.69 Å². The van der Waals surface area contributed by atoms with Crippen molar-refractivity contribution in [1.29, 1.82) is 0 Å². The number of aliphatic carboxylic acids is 1. The molecule has 0 saturated heterocycles. The van der Waals surface area contributed by atoms with Gasteiger partial charge in [-0.25, -0.2) is 14.2 Å². The molecule has 2 atom stereocenters. The number of aromatic nitrogens is 1. The van der Waals surface area contributed by atoms with Crippen LogP contribution >= 0.6 is 0 Å². The molecule has 188 valence electrons. The molecule has 33 heavy (non-hydrogen) atoms. The van der Waals surface area contributed by atoms with Gasteiger partial charge in [0.05, 0.1) is 6.61 Å². The third kappa shape index (κ3) is 10.9. The Morgan fingerprint density at radius 2 is 2.15 bits per heavy atom. The highest BCUT2D eigenvalue weighted by Gasteiger charge is 2.27. The molecule has 9 heteroatoms. The molecule has 0 aromatic carbocycles. The van der Waals surface area contributed by atoms with E-state index in [0.29, 0.717) is 19.5 Å². The number of fused-ring (bicyclic) bond motifs is 1. The molecule has 0 bridgehead atoms. The van der Waals surface area contributed by atoms with Crippen LogP contribution in [0.4, 0.5) is 10.2 Å². The van der Waals surface area contributed by atoms with Gasteiger partial charge in [-0.15, -0.1) is 0 Å². The number of methoxy groups -OCH3 is 1. The molecule has 1 amide bonds. The number of nitrogens with one attached hydrogen (secondary N) is 2. The topological polar surface area (TPSA) is 104 Å². The Morgan fingerprint density at radius 3 is 2.82 bits per heavy atom. The van der Waals surface area contributed by atoms with Gasteiger partial charge in [-0.1, -0.05) is 19.9 Å². The van der Waals surface area contributed by atoms with Gasteiger partial charge in [0, 0.05) is 32.4 Å². The fourth-order valence-electron chi connectivity index (χ4n) is 3.90. The van der Waals surface area contributed by atoms with Gasteiger partial charge in [-0.2, -0.15) is 0 Å². The molecule has 0 spiro atoms. The number of pyridine rings is 1. The summed E-state index contributed by atoms with van der Waals surface area (Å²) < 4.78 is 19.7. The summed E-state index contributed by atoms with van der Waals surface area (Å²) >= 11 is 0. The maximum Gasteiger partial charge on any atom is 0.326 e. The number of rotatable bonds is 15. The number of alkyl halides is 1. The molecule has 1 aromatic heterocycles. The highest BCUT2D eigenvalue weighted by molar-refractivity contribution is 5.76. The third-order valence-corrected chi connectivity index (χ3v) is 5.41. The Bertz CT molecular complexity index is 718. The predicted octanol–water partition coefficient (Wildman–Crippen LogP) is 3.05. The lowest BCUT2D eigenvalue weighted by Gasteiger charge is -2.30. The van der Waals surface area contributed by atoms with Crippen LogP contribution in [0, 0.1) is 0 Å². The van der Waals surface area contributed by atoms with E-state index < -0.39 is 17.7 Å². The van der Waals surface area contributed by atoms with Crippen molar-refractivity contribution in [3.8, 4) is 0 Å². The van der Waals surface area contributed by atoms with Crippen LogP contribution in [0.15, 0.2) is 12.1 Å². The Hall–Kier alpha value is -2.26. The first kappa shape index (κ1) is 28.8. The SMILES string of the molecule is CC.COC[C@@](C)(F)CN(CCCCc1ccc2c(n1)NCCC2)CCC(NC=O)C(=O)O. The molecule has 1 aromatic rings. The van der Waals surface area contributed by atoms with Crippen molar-refractivity contribution in [2.45, 2.75) is 71.0 Å². The molecule has 1 aliphatic heterocycles. The molecule has 2 heterocycles. The molecule has 0 radical (unpaired) electrons. The number of amides is 1. The number of halogens is 1. The number of carbonyl (C=O) groups is 2. The van der Waals surface area contributed by atoms with E-state index in [2.05, 4.69) is 22.8 Å². The second kappa shape index (κ2) is 15.6. The lowest BCUT2D eigenvalue weighted by molar-refractivity contribution is -0.140. The normalized spacial score (nSPS) is 15.3. The number of unbranched alkanes of at least 4 members (excludes halogenated alkanes) is 1. The smallest absolute Gasteiger partial charge is 0.326 e. The van der Waals surface area contributed by atoms with Gasteiger partial charge in [0.1, 0.15) is 17.5 Å². The zero-order chi connectivity index (χ0) is 24.7. The summed E-state index contributed by atoms with van der Waals surface area (Å²) in [7, 11) is 1.46. The van der Waals surface area contributed by atoms with Gasteiger partial charge in [0.2, 0.25) is 6.41 Å². The minimum Gasteiger partial charge on any atom is -0.480 e. The first-order valence-electron chi connectivity index (χ1n) is 11.9. The molecule has 0 fully saturated rings. The van der Waals surface area contributed by atoms with E-state index in [1.54, 1.807) is 0 Å². The molecule has 8 nitrogen and oxygen atoms in total. The van der Waals surface area contributed by atoms with Crippen LogP contribution in [0.5, 0.6) is 0 Å². The van der Waals surface area contributed by atoms with Gasteiger partial charge >= 0.3 is 5.97 Å². The van der Waals surface area contributed by atoms with Crippen LogP contribution in [0.1, 0.15) is 57.7 Å². The largest absolute Gasteiger partial charge is 0.480 e. The number of anilines is 1.